The smallest absolute Gasteiger partial charge is 0.198 e. The summed E-state index contributed by atoms with van der Waals surface area (Å²) in [7, 11) is 0. The normalized spacial score (nSPS) is 11.0. The van der Waals surface area contributed by atoms with Crippen molar-refractivity contribution < 1.29 is 0 Å². The molecule has 0 aromatic carbocycles. The summed E-state index contributed by atoms with van der Waals surface area (Å²) in [5, 5.41) is 1.71. The van der Waals surface area contributed by atoms with Gasteiger partial charge in [0.25, 0.3) is 0 Å². The Morgan fingerprint density at radius 3 is 2.78 bits per heavy atom. The molecule has 0 bridgehead atoms. The van der Waals surface area contributed by atoms with Crippen molar-refractivity contribution >= 4 is 23.1 Å². The number of aromatic nitrogens is 5. The van der Waals surface area contributed by atoms with Gasteiger partial charge in [0, 0.05) is 5.69 Å². The quantitative estimate of drug-likeness (QED) is 0.764. The summed E-state index contributed by atoms with van der Waals surface area (Å²) < 4.78 is 0. The van der Waals surface area contributed by atoms with Crippen LogP contribution < -0.4 is 0 Å². The first-order chi connectivity index (χ1) is 8.70. The van der Waals surface area contributed by atoms with Gasteiger partial charge in [-0.1, -0.05) is 6.07 Å². The molecule has 3 aromatic rings. The molecule has 0 atom stereocenters. The van der Waals surface area contributed by atoms with E-state index < -0.39 is 0 Å². The van der Waals surface area contributed by atoms with Gasteiger partial charge in [-0.2, -0.15) is 0 Å². The van der Waals surface area contributed by atoms with Crippen molar-refractivity contribution in [2.45, 2.75) is 23.9 Å². The van der Waals surface area contributed by atoms with E-state index in [9.17, 15) is 0 Å². The maximum Gasteiger partial charge on any atom is 0.198 e. The zero-order valence-corrected chi connectivity index (χ0v) is 10.8. The Morgan fingerprint density at radius 2 is 1.94 bits per heavy atom. The van der Waals surface area contributed by atoms with Crippen LogP contribution in [0.3, 0.4) is 0 Å². The molecule has 5 nitrogen and oxygen atoms in total. The van der Waals surface area contributed by atoms with Gasteiger partial charge in [-0.05, 0) is 37.7 Å². The van der Waals surface area contributed by atoms with E-state index >= 15 is 0 Å². The lowest BCUT2D eigenvalue weighted by atomic mass is 10.4. The number of fused-ring (bicyclic) bond motifs is 1. The maximum absolute atomic E-state index is 4.44. The lowest BCUT2D eigenvalue weighted by Gasteiger charge is -2.00. The molecule has 3 rings (SSSR count). The van der Waals surface area contributed by atoms with Gasteiger partial charge in [-0.3, -0.25) is 0 Å². The van der Waals surface area contributed by atoms with E-state index in [-0.39, 0.29) is 0 Å². The van der Waals surface area contributed by atoms with Crippen molar-refractivity contribution in [1.29, 1.82) is 0 Å². The predicted molar refractivity (Wildman–Crippen MR) is 69.5 cm³/mol. The molecule has 90 valence electrons. The second-order valence-corrected chi connectivity index (χ2v) is 4.96. The predicted octanol–water partition coefficient (Wildman–Crippen LogP) is 2.52. The molecule has 18 heavy (non-hydrogen) atoms. The Bertz CT molecular complexity index is 707. The SMILES string of the molecule is Cc1cccc(Sc2cnc3[nH]c(C)nc3n2)n1. The average Bonchev–Trinajstić information content (AvgIpc) is 2.68. The topological polar surface area (TPSA) is 67.3 Å². The van der Waals surface area contributed by atoms with Crippen LogP contribution in [-0.4, -0.2) is 24.9 Å². The van der Waals surface area contributed by atoms with Crippen molar-refractivity contribution in [2.75, 3.05) is 0 Å². The summed E-state index contributed by atoms with van der Waals surface area (Å²) in [6.07, 6.45) is 1.73. The summed E-state index contributed by atoms with van der Waals surface area (Å²) in [5.41, 5.74) is 2.35. The van der Waals surface area contributed by atoms with Crippen LogP contribution >= 0.6 is 11.8 Å². The van der Waals surface area contributed by atoms with Crippen molar-refractivity contribution in [2.24, 2.45) is 0 Å². The van der Waals surface area contributed by atoms with E-state index in [1.165, 1.54) is 11.8 Å². The Labute approximate surface area is 108 Å². The molecule has 6 heteroatoms. The first-order valence-electron chi connectivity index (χ1n) is 5.51. The van der Waals surface area contributed by atoms with Crippen molar-refractivity contribution in [3.05, 3.63) is 35.9 Å². The highest BCUT2D eigenvalue weighted by atomic mass is 32.2. The van der Waals surface area contributed by atoms with Gasteiger partial charge in [0.2, 0.25) is 0 Å². The van der Waals surface area contributed by atoms with E-state index in [2.05, 4.69) is 24.9 Å². The van der Waals surface area contributed by atoms with Crippen LogP contribution in [0.4, 0.5) is 0 Å². The molecule has 0 aliphatic rings. The van der Waals surface area contributed by atoms with E-state index in [0.717, 1.165) is 21.6 Å². The second-order valence-electron chi connectivity index (χ2n) is 3.92. The number of H-pyrrole nitrogens is 1. The molecule has 0 aliphatic heterocycles. The van der Waals surface area contributed by atoms with Crippen molar-refractivity contribution in [3.8, 4) is 0 Å². The van der Waals surface area contributed by atoms with Gasteiger partial charge in [-0.15, -0.1) is 0 Å². The summed E-state index contributed by atoms with van der Waals surface area (Å²) in [5.74, 6) is 0.820. The number of nitrogens with one attached hydrogen (secondary N) is 1. The van der Waals surface area contributed by atoms with Crippen LogP contribution in [0.2, 0.25) is 0 Å². The molecule has 3 aromatic heterocycles. The van der Waals surface area contributed by atoms with Crippen LogP contribution in [0.1, 0.15) is 11.5 Å². The monoisotopic (exact) mass is 257 g/mol. The minimum atomic E-state index is 0.644. The van der Waals surface area contributed by atoms with Crippen LogP contribution in [0.25, 0.3) is 11.3 Å². The fraction of sp³-hybridized carbons (Fsp3) is 0.167. The van der Waals surface area contributed by atoms with Gasteiger partial charge in [0.1, 0.15) is 15.9 Å². The Morgan fingerprint density at radius 1 is 1.06 bits per heavy atom. The van der Waals surface area contributed by atoms with Crippen LogP contribution in [0.5, 0.6) is 0 Å². The van der Waals surface area contributed by atoms with Gasteiger partial charge in [0.15, 0.2) is 11.3 Å². The fourth-order valence-corrected chi connectivity index (χ4v) is 2.41. The third-order valence-corrected chi connectivity index (χ3v) is 3.22. The Balaban J connectivity index is 1.94. The highest BCUT2D eigenvalue weighted by Gasteiger charge is 2.06. The molecule has 3 heterocycles. The highest BCUT2D eigenvalue weighted by Crippen LogP contribution is 2.24. The largest absolute Gasteiger partial charge is 0.325 e. The molecule has 0 radical (unpaired) electrons. The van der Waals surface area contributed by atoms with Crippen LogP contribution in [0.15, 0.2) is 34.4 Å². The molecule has 0 aliphatic carbocycles. The van der Waals surface area contributed by atoms with Gasteiger partial charge >= 0.3 is 0 Å². The number of nitrogens with zero attached hydrogens (tertiary/aromatic N) is 4. The number of aryl methyl sites for hydroxylation is 2. The van der Waals surface area contributed by atoms with Gasteiger partial charge in [-0.25, -0.2) is 19.9 Å². The molecule has 1 N–H and O–H groups in total. The molecule has 0 saturated carbocycles. The molecule has 0 unspecified atom stereocenters. The lowest BCUT2D eigenvalue weighted by Crippen LogP contribution is -1.88. The van der Waals surface area contributed by atoms with E-state index in [1.807, 2.05) is 32.0 Å². The highest BCUT2D eigenvalue weighted by molar-refractivity contribution is 7.99. The molecule has 0 fully saturated rings. The van der Waals surface area contributed by atoms with Crippen LogP contribution in [0, 0.1) is 13.8 Å². The van der Waals surface area contributed by atoms with E-state index in [1.54, 1.807) is 6.20 Å². The minimum absolute atomic E-state index is 0.644. The second kappa shape index (κ2) is 4.38. The summed E-state index contributed by atoms with van der Waals surface area (Å²) in [6.45, 7) is 3.86. The lowest BCUT2D eigenvalue weighted by molar-refractivity contribution is 1.04. The molecular weight excluding hydrogens is 246 g/mol. The Kier molecular flexibility index (Phi) is 2.71. The fourth-order valence-electron chi connectivity index (χ4n) is 1.62. The number of rotatable bonds is 2. The van der Waals surface area contributed by atoms with Gasteiger partial charge in [0.05, 0.1) is 6.20 Å². The maximum atomic E-state index is 4.44. The van der Waals surface area contributed by atoms with Crippen molar-refractivity contribution in [3.63, 3.8) is 0 Å². The standard InChI is InChI=1S/C12H11N5S/c1-7-4-3-5-9(14-7)18-10-6-13-11-12(17-10)16-8(2)15-11/h3-6H,1-2H3,(H,13,15,16,17). The third-order valence-electron chi connectivity index (χ3n) is 2.38. The number of hydrogen-bond donors (Lipinski definition) is 1. The van der Waals surface area contributed by atoms with Crippen molar-refractivity contribution in [1.82, 2.24) is 24.9 Å². The number of hydrogen-bond acceptors (Lipinski definition) is 5. The third kappa shape index (κ3) is 2.19. The molecule has 0 spiro atoms. The number of imidazole rings is 1. The van der Waals surface area contributed by atoms with E-state index in [0.29, 0.717) is 11.3 Å². The number of pyridine rings is 1. The van der Waals surface area contributed by atoms with E-state index in [4.69, 9.17) is 0 Å². The Hall–Kier alpha value is -1.95. The molecular formula is C12H11N5S. The first kappa shape index (κ1) is 11.2. The van der Waals surface area contributed by atoms with Gasteiger partial charge < -0.3 is 4.98 Å². The summed E-state index contributed by atoms with van der Waals surface area (Å²) >= 11 is 1.49. The summed E-state index contributed by atoms with van der Waals surface area (Å²) in [4.78, 5) is 20.5. The summed E-state index contributed by atoms with van der Waals surface area (Å²) in [6, 6.07) is 5.91. The zero-order chi connectivity index (χ0) is 12.5. The zero-order valence-electron chi connectivity index (χ0n) is 10.0. The average molecular weight is 257 g/mol. The minimum Gasteiger partial charge on any atom is -0.325 e. The molecule has 0 saturated heterocycles. The molecule has 0 amide bonds. The first-order valence-corrected chi connectivity index (χ1v) is 6.33. The number of aromatic amines is 1. The van der Waals surface area contributed by atoms with Crippen LogP contribution in [-0.2, 0) is 0 Å².